The van der Waals surface area contributed by atoms with Gasteiger partial charge in [-0.05, 0) is 12.8 Å². The summed E-state index contributed by atoms with van der Waals surface area (Å²) in [6.07, 6.45) is 0.291. The molecule has 0 fully saturated rings. The molecule has 0 aromatic heterocycles. The molecule has 0 spiro atoms. The van der Waals surface area contributed by atoms with Crippen LogP contribution in [0.15, 0.2) is 0 Å². The van der Waals surface area contributed by atoms with Gasteiger partial charge in [0.05, 0.1) is 5.92 Å². The van der Waals surface area contributed by atoms with Gasteiger partial charge in [-0.25, -0.2) is 0 Å². The largest absolute Gasteiger partial charge is 0.481 e. The molecule has 0 rings (SSSR count). The first-order valence-corrected chi connectivity index (χ1v) is 5.01. The van der Waals surface area contributed by atoms with Gasteiger partial charge in [-0.2, -0.15) is 0 Å². The van der Waals surface area contributed by atoms with Gasteiger partial charge in [-0.15, -0.1) is 0 Å². The smallest absolute Gasteiger partial charge is 0.306 e. The van der Waals surface area contributed by atoms with E-state index >= 15 is 0 Å². The van der Waals surface area contributed by atoms with Crippen LogP contribution in [-0.4, -0.2) is 42.7 Å². The van der Waals surface area contributed by atoms with Crippen molar-refractivity contribution < 1.29 is 29.3 Å². The molecule has 0 aromatic carbocycles. The van der Waals surface area contributed by atoms with Crippen molar-refractivity contribution in [3.63, 3.8) is 0 Å². The molecule has 0 saturated carbocycles. The molecular weight excluding hydrogens is 216 g/mol. The summed E-state index contributed by atoms with van der Waals surface area (Å²) in [7, 11) is 2.87. The van der Waals surface area contributed by atoms with Crippen molar-refractivity contribution in [2.75, 3.05) is 14.2 Å². The second-order valence-corrected chi connectivity index (χ2v) is 3.46. The van der Waals surface area contributed by atoms with Crippen LogP contribution >= 0.6 is 0 Å². The standard InChI is InChI=1S/C10H18O6/c1-15-9(16-2)6-7(10(13)14)4-3-5-8(11)12/h7,9H,3-6H2,1-2H3,(H,11,12)(H,13,14). The van der Waals surface area contributed by atoms with Crippen LogP contribution in [0.4, 0.5) is 0 Å². The molecule has 0 aliphatic heterocycles. The molecule has 2 N–H and O–H groups in total. The van der Waals surface area contributed by atoms with Crippen LogP contribution in [0.2, 0.25) is 0 Å². The summed E-state index contributed by atoms with van der Waals surface area (Å²) in [6.45, 7) is 0. The van der Waals surface area contributed by atoms with Crippen LogP contribution in [0.1, 0.15) is 25.7 Å². The first kappa shape index (κ1) is 14.9. The fourth-order valence-electron chi connectivity index (χ4n) is 1.36. The predicted octanol–water partition coefficient (Wildman–Crippen LogP) is 0.951. The van der Waals surface area contributed by atoms with Crippen LogP contribution in [-0.2, 0) is 19.1 Å². The lowest BCUT2D eigenvalue weighted by Gasteiger charge is -2.18. The molecule has 0 aromatic rings. The van der Waals surface area contributed by atoms with Crippen molar-refractivity contribution in [1.82, 2.24) is 0 Å². The average Bonchev–Trinajstić information content (AvgIpc) is 2.22. The van der Waals surface area contributed by atoms with Gasteiger partial charge in [0.25, 0.3) is 0 Å². The Hall–Kier alpha value is -1.14. The minimum absolute atomic E-state index is 0.0194. The first-order valence-electron chi connectivity index (χ1n) is 5.01. The average molecular weight is 234 g/mol. The summed E-state index contributed by atoms with van der Waals surface area (Å²) in [5, 5.41) is 17.4. The van der Waals surface area contributed by atoms with Gasteiger partial charge in [-0.1, -0.05) is 0 Å². The Labute approximate surface area is 94.2 Å². The summed E-state index contributed by atoms with van der Waals surface area (Å²) < 4.78 is 9.81. The molecule has 94 valence electrons. The number of hydrogen-bond acceptors (Lipinski definition) is 4. The summed E-state index contributed by atoms with van der Waals surface area (Å²) in [5.41, 5.74) is 0. The van der Waals surface area contributed by atoms with Crippen LogP contribution in [0, 0.1) is 5.92 Å². The third kappa shape index (κ3) is 6.36. The lowest BCUT2D eigenvalue weighted by molar-refractivity contribution is -0.151. The molecule has 1 atom stereocenters. The van der Waals surface area contributed by atoms with Gasteiger partial charge >= 0.3 is 11.9 Å². The molecule has 6 heteroatoms. The lowest BCUT2D eigenvalue weighted by atomic mass is 9.98. The quantitative estimate of drug-likeness (QED) is 0.577. The Morgan fingerprint density at radius 1 is 1.19 bits per heavy atom. The van der Waals surface area contributed by atoms with Crippen molar-refractivity contribution >= 4 is 11.9 Å². The van der Waals surface area contributed by atoms with E-state index in [1.807, 2.05) is 0 Å². The Morgan fingerprint density at radius 3 is 2.12 bits per heavy atom. The number of hydrogen-bond donors (Lipinski definition) is 2. The van der Waals surface area contributed by atoms with E-state index in [0.29, 0.717) is 12.8 Å². The molecule has 16 heavy (non-hydrogen) atoms. The number of aliphatic carboxylic acids is 2. The predicted molar refractivity (Wildman–Crippen MR) is 55.0 cm³/mol. The number of rotatable bonds is 9. The molecule has 0 aliphatic carbocycles. The number of carboxylic acids is 2. The summed E-state index contributed by atoms with van der Waals surface area (Å²) >= 11 is 0. The maximum Gasteiger partial charge on any atom is 0.306 e. The number of carbonyl (C=O) groups is 2. The maximum absolute atomic E-state index is 10.9. The van der Waals surface area contributed by atoms with E-state index in [0.717, 1.165) is 0 Å². The summed E-state index contributed by atoms with van der Waals surface area (Å²) in [6, 6.07) is 0. The molecule has 6 nitrogen and oxygen atoms in total. The van der Waals surface area contributed by atoms with Gasteiger partial charge in [0.15, 0.2) is 6.29 Å². The van der Waals surface area contributed by atoms with E-state index in [1.165, 1.54) is 14.2 Å². The van der Waals surface area contributed by atoms with Gasteiger partial charge in [0.1, 0.15) is 0 Å². The van der Waals surface area contributed by atoms with E-state index in [9.17, 15) is 9.59 Å². The van der Waals surface area contributed by atoms with E-state index < -0.39 is 24.1 Å². The fourth-order valence-corrected chi connectivity index (χ4v) is 1.36. The molecule has 0 aliphatic rings. The Kier molecular flexibility index (Phi) is 7.49. The lowest BCUT2D eigenvalue weighted by Crippen LogP contribution is -2.23. The topological polar surface area (TPSA) is 93.1 Å². The molecule has 0 amide bonds. The molecule has 1 unspecified atom stereocenters. The Morgan fingerprint density at radius 2 is 1.75 bits per heavy atom. The third-order valence-corrected chi connectivity index (χ3v) is 2.30. The zero-order chi connectivity index (χ0) is 12.6. The number of ether oxygens (including phenoxy) is 2. The molecule has 0 radical (unpaired) electrons. The minimum Gasteiger partial charge on any atom is -0.481 e. The Balaban J connectivity index is 4.06. The van der Waals surface area contributed by atoms with Crippen molar-refractivity contribution in [3.05, 3.63) is 0 Å². The Bertz CT molecular complexity index is 223. The minimum atomic E-state index is -0.954. The SMILES string of the molecule is COC(CC(CCCC(=O)O)C(=O)O)OC. The zero-order valence-corrected chi connectivity index (χ0v) is 9.51. The third-order valence-electron chi connectivity index (χ3n) is 2.30. The van der Waals surface area contributed by atoms with Crippen molar-refractivity contribution in [2.45, 2.75) is 32.0 Å². The first-order chi connectivity index (χ1) is 7.51. The van der Waals surface area contributed by atoms with Crippen LogP contribution < -0.4 is 0 Å². The van der Waals surface area contributed by atoms with E-state index in [-0.39, 0.29) is 12.8 Å². The molecule has 0 saturated heterocycles. The van der Waals surface area contributed by atoms with Gasteiger partial charge < -0.3 is 19.7 Å². The highest BCUT2D eigenvalue weighted by atomic mass is 16.7. The number of methoxy groups -OCH3 is 2. The van der Waals surface area contributed by atoms with Crippen molar-refractivity contribution in [3.8, 4) is 0 Å². The van der Waals surface area contributed by atoms with E-state index in [1.54, 1.807) is 0 Å². The fraction of sp³-hybridized carbons (Fsp3) is 0.800. The highest BCUT2D eigenvalue weighted by molar-refractivity contribution is 5.70. The second kappa shape index (κ2) is 8.06. The zero-order valence-electron chi connectivity index (χ0n) is 9.51. The number of carboxylic acid groups (broad SMARTS) is 2. The summed E-state index contributed by atoms with van der Waals surface area (Å²) in [5.74, 6) is -2.51. The van der Waals surface area contributed by atoms with E-state index in [4.69, 9.17) is 19.7 Å². The second-order valence-electron chi connectivity index (χ2n) is 3.46. The van der Waals surface area contributed by atoms with Crippen molar-refractivity contribution in [1.29, 1.82) is 0 Å². The molecular formula is C10H18O6. The van der Waals surface area contributed by atoms with Gasteiger partial charge in [-0.3, -0.25) is 9.59 Å². The monoisotopic (exact) mass is 234 g/mol. The molecule has 0 bridgehead atoms. The maximum atomic E-state index is 10.9. The highest BCUT2D eigenvalue weighted by Gasteiger charge is 2.22. The summed E-state index contributed by atoms with van der Waals surface area (Å²) in [4.78, 5) is 21.2. The van der Waals surface area contributed by atoms with Crippen LogP contribution in [0.25, 0.3) is 0 Å². The van der Waals surface area contributed by atoms with Gasteiger partial charge in [0.2, 0.25) is 0 Å². The molecule has 0 heterocycles. The highest BCUT2D eigenvalue weighted by Crippen LogP contribution is 2.17. The van der Waals surface area contributed by atoms with Crippen LogP contribution in [0.3, 0.4) is 0 Å². The van der Waals surface area contributed by atoms with Crippen molar-refractivity contribution in [2.24, 2.45) is 5.92 Å². The van der Waals surface area contributed by atoms with E-state index in [2.05, 4.69) is 0 Å². The van der Waals surface area contributed by atoms with Gasteiger partial charge in [0, 0.05) is 27.1 Å². The van der Waals surface area contributed by atoms with Crippen LogP contribution in [0.5, 0.6) is 0 Å². The normalized spacial score (nSPS) is 12.7.